The van der Waals surface area contributed by atoms with Crippen LogP contribution in [0.3, 0.4) is 0 Å². The lowest BCUT2D eigenvalue weighted by molar-refractivity contribution is 0.290. The van der Waals surface area contributed by atoms with Crippen molar-refractivity contribution in [2.45, 2.75) is 117 Å². The zero-order valence-corrected chi connectivity index (χ0v) is 24.4. The van der Waals surface area contributed by atoms with E-state index in [0.29, 0.717) is 13.2 Å². The van der Waals surface area contributed by atoms with Gasteiger partial charge in [-0.05, 0) is 64.8 Å². The summed E-state index contributed by atoms with van der Waals surface area (Å²) in [4.78, 5) is 4.89. The van der Waals surface area contributed by atoms with Gasteiger partial charge in [0.1, 0.15) is 23.0 Å². The molecule has 0 saturated carbocycles. The predicted octanol–water partition coefficient (Wildman–Crippen LogP) is 7.90. The van der Waals surface area contributed by atoms with Crippen molar-refractivity contribution in [3.05, 3.63) is 36.4 Å². The smallest absolute Gasteiger partial charge is 0.146 e. The number of hydrogen-bond acceptors (Lipinski definition) is 6. The molecular formula is C32H50N2O4. The molecule has 212 valence electrons. The van der Waals surface area contributed by atoms with Gasteiger partial charge in [0.25, 0.3) is 0 Å². The van der Waals surface area contributed by atoms with Crippen molar-refractivity contribution in [1.82, 2.24) is 0 Å². The molecule has 2 aromatic rings. The summed E-state index contributed by atoms with van der Waals surface area (Å²) in [6.45, 7) is 14.7. The van der Waals surface area contributed by atoms with Gasteiger partial charge in [-0.1, -0.05) is 52.4 Å². The molecule has 2 aromatic carbocycles. The Bertz CT molecular complexity index is 902. The highest BCUT2D eigenvalue weighted by atomic mass is 16.5. The third-order valence-electron chi connectivity index (χ3n) is 8.11. The van der Waals surface area contributed by atoms with Crippen molar-refractivity contribution < 1.29 is 19.7 Å². The summed E-state index contributed by atoms with van der Waals surface area (Å²) in [5.41, 5.74) is 2.05. The van der Waals surface area contributed by atoms with Crippen molar-refractivity contribution in [1.29, 1.82) is 0 Å². The standard InChI is InChI=1S/C32H50N2O4/c1-7-9-11-13-19-37-31-21-27(35)15-17-29(31)33-23(3)25(5)34(26(6)24(33)4)30-18-16-28(36)22-32(30)38-20-14-12-10-8-2/h15-18,21-26,35-36H,7-14,19-20H2,1-6H3. The van der Waals surface area contributed by atoms with E-state index < -0.39 is 0 Å². The summed E-state index contributed by atoms with van der Waals surface area (Å²) in [5, 5.41) is 20.5. The van der Waals surface area contributed by atoms with Crippen molar-refractivity contribution >= 4 is 11.4 Å². The molecule has 0 radical (unpaired) electrons. The Kier molecular flexibility index (Phi) is 11.3. The summed E-state index contributed by atoms with van der Waals surface area (Å²) >= 11 is 0. The Hall–Kier alpha value is -2.76. The molecular weight excluding hydrogens is 476 g/mol. The van der Waals surface area contributed by atoms with Gasteiger partial charge in [0, 0.05) is 36.3 Å². The summed E-state index contributed by atoms with van der Waals surface area (Å²) in [6.07, 6.45) is 9.14. The van der Waals surface area contributed by atoms with Crippen LogP contribution in [0.4, 0.5) is 11.4 Å². The average molecular weight is 527 g/mol. The molecule has 2 N–H and O–H groups in total. The van der Waals surface area contributed by atoms with Gasteiger partial charge >= 0.3 is 0 Å². The quantitative estimate of drug-likeness (QED) is 0.244. The molecule has 0 aromatic heterocycles. The fourth-order valence-corrected chi connectivity index (χ4v) is 5.63. The molecule has 3 rings (SSSR count). The lowest BCUT2D eigenvalue weighted by Crippen LogP contribution is -2.66. The van der Waals surface area contributed by atoms with Crippen LogP contribution in [0.25, 0.3) is 0 Å². The Morgan fingerprint density at radius 3 is 1.29 bits per heavy atom. The number of benzene rings is 2. The van der Waals surface area contributed by atoms with Crippen LogP contribution >= 0.6 is 0 Å². The van der Waals surface area contributed by atoms with Gasteiger partial charge in [-0.25, -0.2) is 0 Å². The van der Waals surface area contributed by atoms with Crippen LogP contribution in [0.2, 0.25) is 0 Å². The zero-order chi connectivity index (χ0) is 27.7. The Balaban J connectivity index is 1.84. The number of unbranched alkanes of at least 4 members (excludes halogenated alkanes) is 6. The number of ether oxygens (including phenoxy) is 2. The van der Waals surface area contributed by atoms with E-state index in [1.807, 2.05) is 12.1 Å². The number of rotatable bonds is 14. The SMILES string of the molecule is CCCCCCOc1cc(O)ccc1N1C(C)C(C)N(c2ccc(O)cc2OCCCCCC)C(C)C1C. The van der Waals surface area contributed by atoms with E-state index in [1.54, 1.807) is 24.3 Å². The van der Waals surface area contributed by atoms with Gasteiger partial charge in [0.2, 0.25) is 0 Å². The first-order chi connectivity index (χ1) is 18.3. The van der Waals surface area contributed by atoms with Gasteiger partial charge in [-0.2, -0.15) is 0 Å². The molecule has 4 atom stereocenters. The van der Waals surface area contributed by atoms with Crippen molar-refractivity contribution in [3.63, 3.8) is 0 Å². The van der Waals surface area contributed by atoms with Crippen LogP contribution in [0.1, 0.15) is 92.9 Å². The van der Waals surface area contributed by atoms with E-state index >= 15 is 0 Å². The Labute approximate surface area is 230 Å². The first-order valence-corrected chi connectivity index (χ1v) is 14.8. The van der Waals surface area contributed by atoms with Crippen LogP contribution in [0.5, 0.6) is 23.0 Å². The third-order valence-corrected chi connectivity index (χ3v) is 8.11. The molecule has 1 aliphatic heterocycles. The molecule has 0 bridgehead atoms. The largest absolute Gasteiger partial charge is 0.508 e. The molecule has 6 nitrogen and oxygen atoms in total. The second-order valence-electron chi connectivity index (χ2n) is 10.9. The van der Waals surface area contributed by atoms with Crippen LogP contribution in [0.15, 0.2) is 36.4 Å². The fraction of sp³-hybridized carbons (Fsp3) is 0.625. The highest BCUT2D eigenvalue weighted by Gasteiger charge is 2.42. The first kappa shape index (κ1) is 29.8. The topological polar surface area (TPSA) is 65.4 Å². The third kappa shape index (κ3) is 7.21. The molecule has 0 spiro atoms. The van der Waals surface area contributed by atoms with Crippen molar-refractivity contribution in [2.24, 2.45) is 0 Å². The number of hydrogen-bond donors (Lipinski definition) is 2. The van der Waals surface area contributed by atoms with Gasteiger partial charge in [-0.15, -0.1) is 0 Å². The highest BCUT2D eigenvalue weighted by molar-refractivity contribution is 5.67. The normalized spacial score (nSPS) is 21.5. The Morgan fingerprint density at radius 1 is 0.579 bits per heavy atom. The molecule has 1 fully saturated rings. The minimum Gasteiger partial charge on any atom is -0.508 e. The lowest BCUT2D eigenvalue weighted by Gasteiger charge is -2.55. The fourth-order valence-electron chi connectivity index (χ4n) is 5.63. The van der Waals surface area contributed by atoms with E-state index in [2.05, 4.69) is 51.3 Å². The number of phenols is 2. The molecule has 1 saturated heterocycles. The molecule has 4 unspecified atom stereocenters. The maximum atomic E-state index is 10.2. The second-order valence-corrected chi connectivity index (χ2v) is 10.9. The number of aromatic hydroxyl groups is 2. The van der Waals surface area contributed by atoms with E-state index in [4.69, 9.17) is 9.47 Å². The van der Waals surface area contributed by atoms with E-state index in [1.165, 1.54) is 25.7 Å². The Morgan fingerprint density at radius 2 is 0.947 bits per heavy atom. The predicted molar refractivity (Wildman–Crippen MR) is 158 cm³/mol. The second kappa shape index (κ2) is 14.4. The zero-order valence-electron chi connectivity index (χ0n) is 24.4. The van der Waals surface area contributed by atoms with Crippen LogP contribution < -0.4 is 19.3 Å². The monoisotopic (exact) mass is 526 g/mol. The van der Waals surface area contributed by atoms with Crippen LogP contribution in [-0.4, -0.2) is 47.6 Å². The summed E-state index contributed by atoms with van der Waals surface area (Å²) in [6, 6.07) is 11.7. The van der Waals surface area contributed by atoms with Crippen molar-refractivity contribution in [3.8, 4) is 23.0 Å². The number of anilines is 2. The average Bonchev–Trinajstić information content (AvgIpc) is 2.89. The van der Waals surface area contributed by atoms with E-state index in [-0.39, 0.29) is 35.7 Å². The molecule has 6 heteroatoms. The first-order valence-electron chi connectivity index (χ1n) is 14.8. The number of phenolic OH excluding ortho intramolecular Hbond substituents is 2. The minimum absolute atomic E-state index is 0.166. The molecule has 38 heavy (non-hydrogen) atoms. The van der Waals surface area contributed by atoms with E-state index in [9.17, 15) is 10.2 Å². The lowest BCUT2D eigenvalue weighted by atomic mass is 9.92. The summed E-state index contributed by atoms with van der Waals surface area (Å²) in [5.74, 6) is 1.94. The molecule has 0 amide bonds. The van der Waals surface area contributed by atoms with Gasteiger partial charge in [-0.3, -0.25) is 0 Å². The molecule has 1 aliphatic rings. The van der Waals surface area contributed by atoms with Gasteiger partial charge in [0.15, 0.2) is 0 Å². The number of nitrogens with zero attached hydrogens (tertiary/aromatic N) is 2. The van der Waals surface area contributed by atoms with Gasteiger partial charge in [0.05, 0.1) is 24.6 Å². The van der Waals surface area contributed by atoms with Crippen LogP contribution in [0, 0.1) is 0 Å². The summed E-state index contributed by atoms with van der Waals surface area (Å²) < 4.78 is 12.5. The summed E-state index contributed by atoms with van der Waals surface area (Å²) in [7, 11) is 0. The van der Waals surface area contributed by atoms with E-state index in [0.717, 1.165) is 48.6 Å². The van der Waals surface area contributed by atoms with Crippen molar-refractivity contribution in [2.75, 3.05) is 23.0 Å². The van der Waals surface area contributed by atoms with Gasteiger partial charge < -0.3 is 29.5 Å². The maximum absolute atomic E-state index is 10.2. The maximum Gasteiger partial charge on any atom is 0.146 e. The number of piperazine rings is 1. The minimum atomic E-state index is 0.166. The molecule has 0 aliphatic carbocycles. The highest BCUT2D eigenvalue weighted by Crippen LogP contribution is 2.43. The van der Waals surface area contributed by atoms with Crippen LogP contribution in [-0.2, 0) is 0 Å². The molecule has 1 heterocycles.